The van der Waals surface area contributed by atoms with Gasteiger partial charge in [-0.05, 0) is 45.7 Å². The minimum Gasteiger partial charge on any atom is -0.392 e. The van der Waals surface area contributed by atoms with Crippen molar-refractivity contribution in [2.75, 3.05) is 17.1 Å². The van der Waals surface area contributed by atoms with Crippen LogP contribution in [-0.4, -0.2) is 40.6 Å². The van der Waals surface area contributed by atoms with Gasteiger partial charge in [-0.1, -0.05) is 72.8 Å². The zero-order valence-corrected chi connectivity index (χ0v) is 23.3. The Kier molecular flexibility index (Phi) is 7.65. The Hall–Kier alpha value is -3.77. The highest BCUT2D eigenvalue weighted by Crippen LogP contribution is 2.35. The summed E-state index contributed by atoms with van der Waals surface area (Å²) < 4.78 is 56.4. The molecule has 208 valence electrons. The fraction of sp³-hybridized carbons (Fsp3) is 0.207. The predicted molar refractivity (Wildman–Crippen MR) is 154 cm³/mol. The molecule has 0 aromatic heterocycles. The van der Waals surface area contributed by atoms with Crippen LogP contribution < -0.4 is 14.3 Å². The van der Waals surface area contributed by atoms with Gasteiger partial charge in [0.25, 0.3) is 0 Å². The second-order valence-electron chi connectivity index (χ2n) is 9.72. The Morgan fingerprint density at radius 3 is 2.40 bits per heavy atom. The van der Waals surface area contributed by atoms with Gasteiger partial charge >= 0.3 is 0 Å². The number of hydrogen-bond acceptors (Lipinski definition) is 6. The normalized spacial score (nSPS) is 17.2. The summed E-state index contributed by atoms with van der Waals surface area (Å²) in [5, 5.41) is 14.0. The van der Waals surface area contributed by atoms with Crippen molar-refractivity contribution >= 4 is 42.4 Å². The molecule has 2 atom stereocenters. The summed E-state index contributed by atoms with van der Waals surface area (Å²) in [5.41, 5.74) is 2.10. The molecule has 4 aromatic rings. The van der Waals surface area contributed by atoms with E-state index in [9.17, 15) is 26.7 Å². The number of anilines is 1. The zero-order valence-electron chi connectivity index (χ0n) is 21.7. The summed E-state index contributed by atoms with van der Waals surface area (Å²) in [6.45, 7) is -0.256. The average molecular weight is 580 g/mol. The van der Waals surface area contributed by atoms with E-state index in [-0.39, 0.29) is 23.7 Å². The average Bonchev–Trinajstić information content (AvgIpc) is 2.95. The first kappa shape index (κ1) is 27.8. The highest BCUT2D eigenvalue weighted by atomic mass is 32.2. The standard InChI is InChI=1S/C29H29N3O6S2/c1-32-28-15-20(18-33)11-14-25(28)27(19-39(32,35)36)30-29(34)17-26(22-8-3-2-4-9-22)31-40(37,38)24-13-12-21-7-5-6-10-23(21)16-24/h2-16,26-27,31,33H,17-19H2,1H3,(H,30,34)/t26?,27-/m0/s1. The molecule has 1 unspecified atom stereocenters. The maximum absolute atomic E-state index is 13.4. The van der Waals surface area contributed by atoms with Gasteiger partial charge in [0.2, 0.25) is 26.0 Å². The highest BCUT2D eigenvalue weighted by molar-refractivity contribution is 7.92. The first-order valence-corrected chi connectivity index (χ1v) is 15.7. The van der Waals surface area contributed by atoms with Crippen LogP contribution in [0.25, 0.3) is 10.8 Å². The highest BCUT2D eigenvalue weighted by Gasteiger charge is 2.35. The number of carbonyl (C=O) groups is 1. The van der Waals surface area contributed by atoms with Crippen LogP contribution in [0.5, 0.6) is 0 Å². The molecular weight excluding hydrogens is 550 g/mol. The van der Waals surface area contributed by atoms with Gasteiger partial charge in [-0.2, -0.15) is 0 Å². The second kappa shape index (κ2) is 11.0. The van der Waals surface area contributed by atoms with Gasteiger partial charge in [0.05, 0.1) is 35.0 Å². The number of rotatable bonds is 8. The molecule has 1 aliphatic rings. The van der Waals surface area contributed by atoms with Gasteiger partial charge in [0.1, 0.15) is 0 Å². The van der Waals surface area contributed by atoms with Gasteiger partial charge < -0.3 is 10.4 Å². The minimum atomic E-state index is -4.02. The topological polar surface area (TPSA) is 133 Å². The molecule has 0 radical (unpaired) electrons. The molecule has 0 spiro atoms. The molecule has 1 aliphatic heterocycles. The number of sulfonamides is 2. The van der Waals surface area contributed by atoms with Crippen LogP contribution in [-0.2, 0) is 31.4 Å². The smallest absolute Gasteiger partial charge is 0.241 e. The van der Waals surface area contributed by atoms with Crippen molar-refractivity contribution in [3.8, 4) is 0 Å². The molecule has 0 bridgehead atoms. The molecule has 11 heteroatoms. The predicted octanol–water partition coefficient (Wildman–Crippen LogP) is 3.38. The van der Waals surface area contributed by atoms with Crippen LogP contribution in [0.4, 0.5) is 5.69 Å². The maximum Gasteiger partial charge on any atom is 0.241 e. The molecule has 3 N–H and O–H groups in total. The number of aliphatic hydroxyl groups is 1. The lowest BCUT2D eigenvalue weighted by atomic mass is 10.0. The van der Waals surface area contributed by atoms with Crippen molar-refractivity contribution in [3.05, 3.63) is 108 Å². The van der Waals surface area contributed by atoms with Crippen LogP contribution in [0.3, 0.4) is 0 Å². The minimum absolute atomic E-state index is 0.0718. The Morgan fingerprint density at radius 1 is 0.975 bits per heavy atom. The number of nitrogens with one attached hydrogen (secondary N) is 2. The van der Waals surface area contributed by atoms with Crippen LogP contribution in [0.1, 0.15) is 35.2 Å². The number of carbonyl (C=O) groups excluding carboxylic acids is 1. The monoisotopic (exact) mass is 579 g/mol. The van der Waals surface area contributed by atoms with Crippen LogP contribution in [0, 0.1) is 0 Å². The second-order valence-corrected chi connectivity index (χ2v) is 13.5. The van der Waals surface area contributed by atoms with Gasteiger partial charge in [-0.3, -0.25) is 9.10 Å². The van der Waals surface area contributed by atoms with Crippen LogP contribution >= 0.6 is 0 Å². The summed E-state index contributed by atoms with van der Waals surface area (Å²) in [4.78, 5) is 13.4. The van der Waals surface area contributed by atoms with E-state index in [2.05, 4.69) is 10.0 Å². The van der Waals surface area contributed by atoms with Crippen molar-refractivity contribution < 1.29 is 26.7 Å². The maximum atomic E-state index is 13.4. The fourth-order valence-corrected chi connectivity index (χ4v) is 7.50. The zero-order chi connectivity index (χ0) is 28.5. The first-order chi connectivity index (χ1) is 19.1. The molecule has 0 fully saturated rings. The molecule has 9 nitrogen and oxygen atoms in total. The summed E-state index contributed by atoms with van der Waals surface area (Å²) in [7, 11) is -6.32. The molecule has 1 heterocycles. The van der Waals surface area contributed by atoms with Crippen LogP contribution in [0.2, 0.25) is 0 Å². The van der Waals surface area contributed by atoms with Crippen LogP contribution in [0.15, 0.2) is 95.9 Å². The number of nitrogens with zero attached hydrogens (tertiary/aromatic N) is 1. The van der Waals surface area contributed by atoms with Crippen molar-refractivity contribution in [1.82, 2.24) is 10.0 Å². The molecule has 0 aliphatic carbocycles. The summed E-state index contributed by atoms with van der Waals surface area (Å²) in [5.74, 6) is -0.864. The van der Waals surface area contributed by atoms with Gasteiger partial charge in [0, 0.05) is 13.5 Å². The number of hydrogen-bond donors (Lipinski definition) is 3. The van der Waals surface area contributed by atoms with E-state index in [0.717, 1.165) is 15.1 Å². The van der Waals surface area contributed by atoms with E-state index in [1.165, 1.54) is 13.1 Å². The quantitative estimate of drug-likeness (QED) is 0.293. The molecule has 1 amide bonds. The Balaban J connectivity index is 1.41. The van der Waals surface area contributed by atoms with Gasteiger partial charge in [-0.15, -0.1) is 0 Å². The Labute approximate surface area is 233 Å². The van der Waals surface area contributed by atoms with Crippen molar-refractivity contribution in [3.63, 3.8) is 0 Å². The summed E-state index contributed by atoms with van der Waals surface area (Å²) in [6, 6.07) is 24.2. The fourth-order valence-electron chi connectivity index (χ4n) is 4.88. The van der Waals surface area contributed by atoms with Gasteiger partial charge in [0.15, 0.2) is 0 Å². The number of aliphatic hydroxyl groups excluding tert-OH is 1. The van der Waals surface area contributed by atoms with Crippen molar-refractivity contribution in [2.45, 2.75) is 30.0 Å². The Bertz CT molecular complexity index is 1780. The van der Waals surface area contributed by atoms with E-state index in [1.807, 2.05) is 24.3 Å². The lowest BCUT2D eigenvalue weighted by Crippen LogP contribution is -2.44. The SMILES string of the molecule is CN1c2cc(CO)ccc2[C@@H](NC(=O)CC(NS(=O)(=O)c2ccc3ccccc3c2)c2ccccc2)CS1(=O)=O. The van der Waals surface area contributed by atoms with E-state index in [4.69, 9.17) is 0 Å². The lowest BCUT2D eigenvalue weighted by molar-refractivity contribution is -0.122. The van der Waals surface area contributed by atoms with Crippen molar-refractivity contribution in [2.24, 2.45) is 0 Å². The molecule has 4 aromatic carbocycles. The van der Waals surface area contributed by atoms with E-state index < -0.39 is 38.0 Å². The molecular formula is C29H29N3O6S2. The van der Waals surface area contributed by atoms with Crippen molar-refractivity contribution in [1.29, 1.82) is 0 Å². The molecule has 40 heavy (non-hydrogen) atoms. The van der Waals surface area contributed by atoms with Gasteiger partial charge in [-0.25, -0.2) is 21.6 Å². The molecule has 0 saturated carbocycles. The third-order valence-corrected chi connectivity index (χ3v) is 10.3. The first-order valence-electron chi connectivity index (χ1n) is 12.6. The number of amides is 1. The molecule has 0 saturated heterocycles. The Morgan fingerprint density at radius 2 is 1.68 bits per heavy atom. The lowest BCUT2D eigenvalue weighted by Gasteiger charge is -2.33. The summed E-state index contributed by atoms with van der Waals surface area (Å²) in [6.07, 6.45) is -0.257. The number of fused-ring (bicyclic) bond motifs is 2. The third kappa shape index (κ3) is 5.73. The molecule has 5 rings (SSSR count). The van der Waals surface area contributed by atoms with E-state index >= 15 is 0 Å². The largest absolute Gasteiger partial charge is 0.392 e. The number of benzene rings is 4. The summed E-state index contributed by atoms with van der Waals surface area (Å²) >= 11 is 0. The van der Waals surface area contributed by atoms with E-state index in [1.54, 1.807) is 60.7 Å². The third-order valence-electron chi connectivity index (χ3n) is 7.04. The van der Waals surface area contributed by atoms with E-state index in [0.29, 0.717) is 22.4 Å².